The van der Waals surface area contributed by atoms with Crippen LogP contribution in [0.25, 0.3) is 0 Å². The van der Waals surface area contributed by atoms with Crippen LogP contribution in [0.1, 0.15) is 304 Å². The number of esters is 4. The van der Waals surface area contributed by atoms with Gasteiger partial charge >= 0.3 is 39.5 Å². The number of phosphoric ester groups is 2. The van der Waals surface area contributed by atoms with Crippen LogP contribution in [0.3, 0.4) is 0 Å². The van der Waals surface area contributed by atoms with E-state index in [2.05, 4.69) is 27.7 Å². The van der Waals surface area contributed by atoms with Crippen molar-refractivity contribution in [2.75, 3.05) is 39.6 Å². The van der Waals surface area contributed by atoms with E-state index >= 15 is 0 Å². The maximum absolute atomic E-state index is 12.9. The normalized spacial score (nSPS) is 14.3. The Kier molecular flexibility index (Phi) is 53.9. The summed E-state index contributed by atoms with van der Waals surface area (Å²) in [6.07, 6.45) is 39.4. The first-order valence-corrected chi connectivity index (χ1v) is 34.8. The lowest BCUT2D eigenvalue weighted by Gasteiger charge is -2.21. The number of aliphatic hydroxyl groups is 1. The van der Waals surface area contributed by atoms with Crippen molar-refractivity contribution in [3.63, 3.8) is 0 Å². The summed E-state index contributed by atoms with van der Waals surface area (Å²) >= 11 is 0. The van der Waals surface area contributed by atoms with Crippen molar-refractivity contribution in [3.8, 4) is 0 Å². The minimum Gasteiger partial charge on any atom is -0.462 e. The van der Waals surface area contributed by atoms with Crippen LogP contribution < -0.4 is 0 Å². The van der Waals surface area contributed by atoms with Gasteiger partial charge in [0.15, 0.2) is 12.2 Å². The summed E-state index contributed by atoms with van der Waals surface area (Å²) in [5, 5.41) is 10.5. The van der Waals surface area contributed by atoms with Gasteiger partial charge in [0.1, 0.15) is 19.3 Å². The van der Waals surface area contributed by atoms with Crippen LogP contribution in [-0.2, 0) is 65.4 Å². The molecule has 0 aromatic carbocycles. The summed E-state index contributed by atoms with van der Waals surface area (Å²) in [5.41, 5.74) is 0. The molecule has 0 aliphatic carbocycles. The molecule has 79 heavy (non-hydrogen) atoms. The molecule has 0 amide bonds. The first kappa shape index (κ1) is 77.1. The van der Waals surface area contributed by atoms with Crippen LogP contribution in [0.15, 0.2) is 0 Å². The second-order valence-electron chi connectivity index (χ2n) is 21.7. The molecule has 0 aliphatic heterocycles. The molecule has 468 valence electrons. The minimum atomic E-state index is -4.93. The van der Waals surface area contributed by atoms with Gasteiger partial charge in [-0.05, 0) is 25.7 Å². The Labute approximate surface area is 479 Å². The summed E-state index contributed by atoms with van der Waals surface area (Å²) < 4.78 is 67.5. The van der Waals surface area contributed by atoms with Gasteiger partial charge in [0.25, 0.3) is 0 Å². The molecule has 0 rings (SSSR count). The maximum Gasteiger partial charge on any atom is 0.472 e. The fraction of sp³-hybridized carbons (Fsp3) is 0.933. The third-order valence-electron chi connectivity index (χ3n) is 13.9. The molecule has 2 unspecified atom stereocenters. The van der Waals surface area contributed by atoms with E-state index in [0.717, 1.165) is 89.9 Å². The van der Waals surface area contributed by atoms with Gasteiger partial charge in [0.05, 0.1) is 26.4 Å². The molecular formula is C60H116O17P2. The van der Waals surface area contributed by atoms with Crippen molar-refractivity contribution in [2.24, 2.45) is 0 Å². The zero-order chi connectivity index (χ0) is 58.3. The molecule has 0 aliphatic rings. The number of hydrogen-bond acceptors (Lipinski definition) is 15. The third kappa shape index (κ3) is 55.0. The second kappa shape index (κ2) is 55.3. The van der Waals surface area contributed by atoms with Gasteiger partial charge in [-0.2, -0.15) is 0 Å². The van der Waals surface area contributed by atoms with Gasteiger partial charge in [0, 0.05) is 25.7 Å². The summed E-state index contributed by atoms with van der Waals surface area (Å²) in [4.78, 5) is 71.6. The fourth-order valence-electron chi connectivity index (χ4n) is 8.93. The number of carbonyl (C=O) groups excluding carboxylic acids is 4. The smallest absolute Gasteiger partial charge is 0.462 e. The van der Waals surface area contributed by atoms with E-state index in [1.54, 1.807) is 0 Å². The predicted octanol–water partition coefficient (Wildman–Crippen LogP) is 16.4. The van der Waals surface area contributed by atoms with Crippen molar-refractivity contribution in [1.29, 1.82) is 0 Å². The monoisotopic (exact) mass is 1170 g/mol. The number of ether oxygens (including phenoxy) is 4. The molecule has 0 fully saturated rings. The maximum atomic E-state index is 12.9. The molecule has 0 saturated carbocycles. The van der Waals surface area contributed by atoms with Gasteiger partial charge in [-0.25, -0.2) is 9.13 Å². The lowest BCUT2D eigenvalue weighted by Crippen LogP contribution is -2.30. The highest BCUT2D eigenvalue weighted by Crippen LogP contribution is 2.45. The highest BCUT2D eigenvalue weighted by Gasteiger charge is 2.30. The fourth-order valence-corrected chi connectivity index (χ4v) is 10.5. The van der Waals surface area contributed by atoms with Crippen LogP contribution in [0.4, 0.5) is 0 Å². The van der Waals surface area contributed by atoms with Crippen LogP contribution in [0.2, 0.25) is 0 Å². The molecular weight excluding hydrogens is 1050 g/mol. The first-order valence-electron chi connectivity index (χ1n) is 31.8. The van der Waals surface area contributed by atoms with Gasteiger partial charge in [-0.3, -0.25) is 37.3 Å². The number of carbonyl (C=O) groups is 4. The lowest BCUT2D eigenvalue weighted by molar-refractivity contribution is -0.161. The zero-order valence-corrected chi connectivity index (χ0v) is 52.1. The van der Waals surface area contributed by atoms with E-state index in [0.29, 0.717) is 25.7 Å². The number of phosphoric acid groups is 2. The number of aliphatic hydroxyl groups excluding tert-OH is 1. The second-order valence-corrected chi connectivity index (χ2v) is 24.6. The van der Waals surface area contributed by atoms with Gasteiger partial charge in [-0.15, -0.1) is 0 Å². The minimum absolute atomic E-state index is 0.107. The van der Waals surface area contributed by atoms with E-state index in [1.807, 2.05) is 0 Å². The molecule has 0 spiro atoms. The van der Waals surface area contributed by atoms with Gasteiger partial charge in [-0.1, -0.05) is 252 Å². The molecule has 0 radical (unpaired) electrons. The molecule has 5 atom stereocenters. The average molecular weight is 1170 g/mol. The standard InChI is InChI=1S/C60H116O17P2/c1-5-9-13-17-20-23-26-27-28-29-30-33-36-39-43-47-59(64)76-55(50-70-57(62)44-40-16-12-8-4)52-74-78(66,67)72-48-54(61)49-73-79(68,69)75-53-56(77-60(65)46-42-38-35-32-25-22-19-15-11-7-3)51-71-58(63)45-41-37-34-31-24-21-18-14-10-6-2/h54-56,61H,5-53H2,1-4H3,(H,66,67)(H,68,69)/t54-,55+,56+/m0/s1. The number of hydrogen-bond donors (Lipinski definition) is 3. The molecule has 0 aromatic rings. The molecule has 17 nitrogen and oxygen atoms in total. The van der Waals surface area contributed by atoms with E-state index in [-0.39, 0.29) is 25.7 Å². The van der Waals surface area contributed by atoms with E-state index in [4.69, 9.17) is 37.0 Å². The van der Waals surface area contributed by atoms with Crippen molar-refractivity contribution in [3.05, 3.63) is 0 Å². The van der Waals surface area contributed by atoms with E-state index < -0.39 is 97.5 Å². The quantitative estimate of drug-likeness (QED) is 0.0222. The third-order valence-corrected chi connectivity index (χ3v) is 15.8. The molecule has 0 aromatic heterocycles. The summed E-state index contributed by atoms with van der Waals surface area (Å²) in [5.74, 6) is -2.15. The Bertz CT molecular complexity index is 1540. The molecule has 0 saturated heterocycles. The SMILES string of the molecule is CCCCCCCCCCCCCCCCCC(=O)O[C@H](COC(=O)CCCCCC)COP(=O)(O)OC[C@H](O)COP(=O)(O)OC[C@@H](COC(=O)CCCCCCCCCCCC)OC(=O)CCCCCCCCCCCC. The molecule has 3 N–H and O–H groups in total. The van der Waals surface area contributed by atoms with Crippen molar-refractivity contribution >= 4 is 39.5 Å². The Hall–Kier alpha value is -1.94. The highest BCUT2D eigenvalue weighted by molar-refractivity contribution is 7.47. The molecule has 19 heteroatoms. The molecule has 0 heterocycles. The average Bonchev–Trinajstić information content (AvgIpc) is 3.42. The first-order chi connectivity index (χ1) is 38.2. The number of unbranched alkanes of at least 4 members (excludes halogenated alkanes) is 35. The van der Waals surface area contributed by atoms with E-state index in [9.17, 15) is 43.2 Å². The topological polar surface area (TPSA) is 237 Å². The van der Waals surface area contributed by atoms with Crippen molar-refractivity contribution < 1.29 is 80.2 Å². The Balaban J connectivity index is 5.10. The number of rotatable bonds is 61. The highest BCUT2D eigenvalue weighted by atomic mass is 31.2. The van der Waals surface area contributed by atoms with Crippen molar-refractivity contribution in [2.45, 2.75) is 322 Å². The van der Waals surface area contributed by atoms with Gasteiger partial charge < -0.3 is 33.8 Å². The molecule has 0 bridgehead atoms. The summed E-state index contributed by atoms with van der Waals surface area (Å²) in [6, 6.07) is 0. The van der Waals surface area contributed by atoms with Crippen molar-refractivity contribution in [1.82, 2.24) is 0 Å². The zero-order valence-electron chi connectivity index (χ0n) is 50.3. The lowest BCUT2D eigenvalue weighted by atomic mass is 10.0. The Morgan fingerprint density at radius 1 is 0.304 bits per heavy atom. The van der Waals surface area contributed by atoms with Gasteiger partial charge in [0.2, 0.25) is 0 Å². The van der Waals surface area contributed by atoms with Crippen LogP contribution in [0, 0.1) is 0 Å². The summed E-state index contributed by atoms with van der Waals surface area (Å²) in [7, 11) is -9.86. The van der Waals surface area contributed by atoms with Crippen LogP contribution >= 0.6 is 15.6 Å². The van der Waals surface area contributed by atoms with Crippen LogP contribution in [-0.4, -0.2) is 96.7 Å². The Morgan fingerprint density at radius 3 is 0.759 bits per heavy atom. The summed E-state index contributed by atoms with van der Waals surface area (Å²) in [6.45, 7) is 4.73. The Morgan fingerprint density at radius 2 is 0.506 bits per heavy atom. The van der Waals surface area contributed by atoms with E-state index in [1.165, 1.54) is 135 Å². The predicted molar refractivity (Wildman–Crippen MR) is 312 cm³/mol. The van der Waals surface area contributed by atoms with Crippen LogP contribution in [0.5, 0.6) is 0 Å². The largest absolute Gasteiger partial charge is 0.472 e.